The van der Waals surface area contributed by atoms with Crippen LogP contribution in [0.1, 0.15) is 24.4 Å². The first-order chi connectivity index (χ1) is 8.27. The van der Waals surface area contributed by atoms with E-state index in [0.29, 0.717) is 5.88 Å². The Hall–Kier alpha value is -1.88. The Labute approximate surface area is 100 Å². The van der Waals surface area contributed by atoms with E-state index < -0.39 is 0 Å². The SMILES string of the molecule is CCn1ccnc1C(N)c1cccnc1OC. The minimum absolute atomic E-state index is 0.325. The molecule has 1 atom stereocenters. The van der Waals surface area contributed by atoms with Crippen molar-refractivity contribution < 1.29 is 4.74 Å². The highest BCUT2D eigenvalue weighted by atomic mass is 16.5. The molecule has 2 aromatic heterocycles. The summed E-state index contributed by atoms with van der Waals surface area (Å²) >= 11 is 0. The first kappa shape index (κ1) is 11.6. The van der Waals surface area contributed by atoms with Gasteiger partial charge >= 0.3 is 0 Å². The molecular formula is C12H16N4O. The highest BCUT2D eigenvalue weighted by Crippen LogP contribution is 2.24. The second-order valence-corrected chi connectivity index (χ2v) is 3.65. The van der Waals surface area contributed by atoms with Crippen molar-refractivity contribution in [2.24, 2.45) is 5.73 Å². The maximum Gasteiger partial charge on any atom is 0.218 e. The van der Waals surface area contributed by atoms with E-state index in [1.165, 1.54) is 0 Å². The highest BCUT2D eigenvalue weighted by Gasteiger charge is 2.18. The lowest BCUT2D eigenvalue weighted by atomic mass is 10.1. The van der Waals surface area contributed by atoms with Crippen molar-refractivity contribution in [2.45, 2.75) is 19.5 Å². The molecule has 0 fully saturated rings. The van der Waals surface area contributed by atoms with E-state index in [0.717, 1.165) is 17.9 Å². The van der Waals surface area contributed by atoms with Gasteiger partial charge in [-0.2, -0.15) is 0 Å². The standard InChI is InChI=1S/C12H16N4O/c1-3-16-8-7-14-11(16)10(13)9-5-4-6-15-12(9)17-2/h4-8,10H,3,13H2,1-2H3. The molecule has 17 heavy (non-hydrogen) atoms. The van der Waals surface area contributed by atoms with Crippen LogP contribution < -0.4 is 10.5 Å². The first-order valence-electron chi connectivity index (χ1n) is 5.53. The summed E-state index contributed by atoms with van der Waals surface area (Å²) in [5.41, 5.74) is 7.05. The van der Waals surface area contributed by atoms with Crippen LogP contribution in [-0.2, 0) is 6.54 Å². The molecule has 1 unspecified atom stereocenters. The fourth-order valence-electron chi connectivity index (χ4n) is 1.82. The molecule has 5 nitrogen and oxygen atoms in total. The molecule has 2 aromatic rings. The Bertz CT molecular complexity index is 495. The summed E-state index contributed by atoms with van der Waals surface area (Å²) in [6.45, 7) is 2.89. The Morgan fingerprint density at radius 2 is 2.24 bits per heavy atom. The largest absolute Gasteiger partial charge is 0.481 e. The lowest BCUT2D eigenvalue weighted by Crippen LogP contribution is -2.18. The summed E-state index contributed by atoms with van der Waals surface area (Å²) < 4.78 is 7.22. The van der Waals surface area contributed by atoms with Crippen molar-refractivity contribution in [3.63, 3.8) is 0 Å². The van der Waals surface area contributed by atoms with E-state index in [2.05, 4.69) is 16.9 Å². The van der Waals surface area contributed by atoms with Crippen LogP contribution in [0.4, 0.5) is 0 Å². The maximum absolute atomic E-state index is 6.21. The normalized spacial score (nSPS) is 12.4. The van der Waals surface area contributed by atoms with E-state index in [-0.39, 0.29) is 6.04 Å². The van der Waals surface area contributed by atoms with Crippen LogP contribution in [0.25, 0.3) is 0 Å². The average molecular weight is 232 g/mol. The van der Waals surface area contributed by atoms with Crippen LogP contribution in [0.5, 0.6) is 5.88 Å². The third kappa shape index (κ3) is 2.14. The number of imidazole rings is 1. The Morgan fingerprint density at radius 3 is 2.94 bits per heavy atom. The van der Waals surface area contributed by atoms with Gasteiger partial charge in [0.15, 0.2) is 0 Å². The molecule has 0 aliphatic carbocycles. The average Bonchev–Trinajstić information content (AvgIpc) is 2.86. The molecule has 0 saturated carbocycles. The number of rotatable bonds is 4. The summed E-state index contributed by atoms with van der Waals surface area (Å²) in [6.07, 6.45) is 5.35. The molecule has 0 aliphatic rings. The van der Waals surface area contributed by atoms with Crippen LogP contribution >= 0.6 is 0 Å². The van der Waals surface area contributed by atoms with Gasteiger partial charge in [-0.3, -0.25) is 0 Å². The van der Waals surface area contributed by atoms with Crippen molar-refractivity contribution in [3.05, 3.63) is 42.1 Å². The van der Waals surface area contributed by atoms with Gasteiger partial charge < -0.3 is 15.0 Å². The number of aromatic nitrogens is 3. The van der Waals surface area contributed by atoms with Gasteiger partial charge in [0.05, 0.1) is 13.2 Å². The second-order valence-electron chi connectivity index (χ2n) is 3.65. The topological polar surface area (TPSA) is 66.0 Å². The lowest BCUT2D eigenvalue weighted by Gasteiger charge is -2.15. The van der Waals surface area contributed by atoms with Gasteiger partial charge in [0.25, 0.3) is 0 Å². The molecule has 2 heterocycles. The zero-order valence-electron chi connectivity index (χ0n) is 10.00. The van der Waals surface area contributed by atoms with Gasteiger partial charge in [-0.15, -0.1) is 0 Å². The molecule has 5 heteroatoms. The summed E-state index contributed by atoms with van der Waals surface area (Å²) in [5, 5.41) is 0. The van der Waals surface area contributed by atoms with E-state index in [9.17, 15) is 0 Å². The molecule has 0 amide bonds. The van der Waals surface area contributed by atoms with Crippen molar-refractivity contribution in [1.82, 2.24) is 14.5 Å². The van der Waals surface area contributed by atoms with E-state index >= 15 is 0 Å². The fraction of sp³-hybridized carbons (Fsp3) is 0.333. The van der Waals surface area contributed by atoms with Crippen molar-refractivity contribution in [2.75, 3.05) is 7.11 Å². The molecule has 90 valence electrons. The number of aryl methyl sites for hydroxylation is 1. The molecule has 0 bridgehead atoms. The number of nitrogens with zero attached hydrogens (tertiary/aromatic N) is 3. The third-order valence-electron chi connectivity index (χ3n) is 2.70. The Balaban J connectivity index is 2.40. The molecule has 0 radical (unpaired) electrons. The van der Waals surface area contributed by atoms with Gasteiger partial charge in [-0.1, -0.05) is 6.07 Å². The van der Waals surface area contributed by atoms with E-state index in [4.69, 9.17) is 10.5 Å². The predicted molar refractivity (Wildman–Crippen MR) is 64.7 cm³/mol. The number of hydrogen-bond acceptors (Lipinski definition) is 4. The molecular weight excluding hydrogens is 216 g/mol. The van der Waals surface area contributed by atoms with Crippen LogP contribution in [0.15, 0.2) is 30.7 Å². The molecule has 0 aromatic carbocycles. The van der Waals surface area contributed by atoms with Gasteiger partial charge in [0.1, 0.15) is 5.82 Å². The predicted octanol–water partition coefficient (Wildman–Crippen LogP) is 1.35. The van der Waals surface area contributed by atoms with Crippen molar-refractivity contribution in [3.8, 4) is 5.88 Å². The summed E-state index contributed by atoms with van der Waals surface area (Å²) in [5.74, 6) is 1.37. The molecule has 0 spiro atoms. The maximum atomic E-state index is 6.21. The van der Waals surface area contributed by atoms with E-state index in [1.807, 2.05) is 22.9 Å². The highest BCUT2D eigenvalue weighted by molar-refractivity contribution is 5.32. The Morgan fingerprint density at radius 1 is 1.41 bits per heavy atom. The van der Waals surface area contributed by atoms with Crippen LogP contribution in [0.3, 0.4) is 0 Å². The van der Waals surface area contributed by atoms with Crippen LogP contribution in [-0.4, -0.2) is 21.6 Å². The Kier molecular flexibility index (Phi) is 3.39. The van der Waals surface area contributed by atoms with Gasteiger partial charge in [-0.25, -0.2) is 9.97 Å². The summed E-state index contributed by atoms with van der Waals surface area (Å²) in [6, 6.07) is 3.43. The van der Waals surface area contributed by atoms with Crippen LogP contribution in [0.2, 0.25) is 0 Å². The lowest BCUT2D eigenvalue weighted by molar-refractivity contribution is 0.389. The monoisotopic (exact) mass is 232 g/mol. The smallest absolute Gasteiger partial charge is 0.218 e. The molecule has 0 aliphatic heterocycles. The van der Waals surface area contributed by atoms with Crippen LogP contribution in [0, 0.1) is 0 Å². The second kappa shape index (κ2) is 4.97. The van der Waals surface area contributed by atoms with Gasteiger partial charge in [0.2, 0.25) is 5.88 Å². The third-order valence-corrected chi connectivity index (χ3v) is 2.70. The first-order valence-corrected chi connectivity index (χ1v) is 5.53. The quantitative estimate of drug-likeness (QED) is 0.864. The summed E-state index contributed by atoms with van der Waals surface area (Å²) in [7, 11) is 1.59. The molecule has 2 rings (SSSR count). The molecule has 0 saturated heterocycles. The number of methoxy groups -OCH3 is 1. The number of nitrogens with two attached hydrogens (primary N) is 1. The number of pyridine rings is 1. The summed E-state index contributed by atoms with van der Waals surface area (Å²) in [4.78, 5) is 8.44. The van der Waals surface area contributed by atoms with Gasteiger partial charge in [-0.05, 0) is 13.0 Å². The minimum Gasteiger partial charge on any atom is -0.481 e. The minimum atomic E-state index is -0.325. The number of hydrogen-bond donors (Lipinski definition) is 1. The van der Waals surface area contributed by atoms with Crippen molar-refractivity contribution in [1.29, 1.82) is 0 Å². The fourth-order valence-corrected chi connectivity index (χ4v) is 1.82. The van der Waals surface area contributed by atoms with E-state index in [1.54, 1.807) is 19.5 Å². The zero-order valence-corrected chi connectivity index (χ0v) is 10.00. The zero-order chi connectivity index (χ0) is 12.3. The van der Waals surface area contributed by atoms with Crippen molar-refractivity contribution >= 4 is 0 Å². The number of ether oxygens (including phenoxy) is 1. The molecule has 2 N–H and O–H groups in total. The van der Waals surface area contributed by atoms with Gasteiger partial charge in [0, 0.05) is 30.7 Å².